The SMILES string of the molecule is COC(=O)C1CN(C(=O)C2(C)CCCC2)CC1C. The van der Waals surface area contributed by atoms with Gasteiger partial charge in [0.2, 0.25) is 5.91 Å². The maximum atomic E-state index is 12.5. The number of likely N-dealkylation sites (tertiary alicyclic amines) is 1. The highest BCUT2D eigenvalue weighted by molar-refractivity contribution is 5.84. The molecule has 1 amide bonds. The molecule has 4 nitrogen and oxygen atoms in total. The maximum absolute atomic E-state index is 12.5. The van der Waals surface area contributed by atoms with Gasteiger partial charge in [0.25, 0.3) is 0 Å². The lowest BCUT2D eigenvalue weighted by Gasteiger charge is -2.28. The number of nitrogens with zero attached hydrogens (tertiary/aromatic N) is 1. The van der Waals surface area contributed by atoms with Gasteiger partial charge in [-0.1, -0.05) is 26.7 Å². The lowest BCUT2D eigenvalue weighted by Crippen LogP contribution is -2.40. The monoisotopic (exact) mass is 253 g/mol. The molecule has 2 rings (SSSR count). The van der Waals surface area contributed by atoms with E-state index < -0.39 is 0 Å². The number of esters is 1. The topological polar surface area (TPSA) is 46.6 Å². The second-order valence-electron chi connectivity index (χ2n) is 6.08. The number of hydrogen-bond acceptors (Lipinski definition) is 3. The van der Waals surface area contributed by atoms with Crippen LogP contribution in [0.2, 0.25) is 0 Å². The van der Waals surface area contributed by atoms with Crippen molar-refractivity contribution in [3.8, 4) is 0 Å². The van der Waals surface area contributed by atoms with E-state index in [1.54, 1.807) is 0 Å². The van der Waals surface area contributed by atoms with Crippen molar-refractivity contribution in [2.45, 2.75) is 39.5 Å². The summed E-state index contributed by atoms with van der Waals surface area (Å²) in [6.45, 7) is 5.31. The van der Waals surface area contributed by atoms with Crippen LogP contribution in [0.1, 0.15) is 39.5 Å². The van der Waals surface area contributed by atoms with Crippen LogP contribution in [0.15, 0.2) is 0 Å². The van der Waals surface area contributed by atoms with Crippen LogP contribution in [0.25, 0.3) is 0 Å². The van der Waals surface area contributed by atoms with Gasteiger partial charge in [-0.25, -0.2) is 0 Å². The van der Waals surface area contributed by atoms with Gasteiger partial charge in [0.15, 0.2) is 0 Å². The highest BCUT2D eigenvalue weighted by Crippen LogP contribution is 2.40. The van der Waals surface area contributed by atoms with Crippen LogP contribution in [0.4, 0.5) is 0 Å². The van der Waals surface area contributed by atoms with Crippen LogP contribution in [0, 0.1) is 17.3 Å². The van der Waals surface area contributed by atoms with E-state index in [4.69, 9.17) is 4.74 Å². The van der Waals surface area contributed by atoms with E-state index in [0.29, 0.717) is 13.1 Å². The molecular weight excluding hydrogens is 230 g/mol. The summed E-state index contributed by atoms with van der Waals surface area (Å²) in [6, 6.07) is 0. The largest absolute Gasteiger partial charge is 0.469 e. The van der Waals surface area contributed by atoms with Crippen LogP contribution in [-0.2, 0) is 14.3 Å². The number of carbonyl (C=O) groups excluding carboxylic acids is 2. The van der Waals surface area contributed by atoms with Crippen LogP contribution < -0.4 is 0 Å². The standard InChI is InChI=1S/C14H23NO3/c1-10-8-15(9-11(10)12(16)18-3)13(17)14(2)6-4-5-7-14/h10-11H,4-9H2,1-3H3. The second-order valence-corrected chi connectivity index (χ2v) is 6.08. The number of carbonyl (C=O) groups is 2. The van der Waals surface area contributed by atoms with Crippen molar-refractivity contribution in [1.82, 2.24) is 4.90 Å². The summed E-state index contributed by atoms with van der Waals surface area (Å²) in [6.07, 6.45) is 4.26. The zero-order chi connectivity index (χ0) is 13.3. The third-order valence-electron chi connectivity index (χ3n) is 4.63. The van der Waals surface area contributed by atoms with Crippen LogP contribution in [0.5, 0.6) is 0 Å². The van der Waals surface area contributed by atoms with Crippen LogP contribution in [-0.4, -0.2) is 37.0 Å². The molecule has 1 saturated heterocycles. The van der Waals surface area contributed by atoms with Gasteiger partial charge in [-0.2, -0.15) is 0 Å². The van der Waals surface area contributed by atoms with Crippen molar-refractivity contribution < 1.29 is 14.3 Å². The third-order valence-corrected chi connectivity index (χ3v) is 4.63. The van der Waals surface area contributed by atoms with E-state index in [2.05, 4.69) is 6.92 Å². The second kappa shape index (κ2) is 4.90. The Bertz CT molecular complexity index is 347. The number of methoxy groups -OCH3 is 1. The Labute approximate surface area is 109 Å². The molecule has 1 heterocycles. The minimum Gasteiger partial charge on any atom is -0.469 e. The van der Waals surface area contributed by atoms with Crippen LogP contribution in [0.3, 0.4) is 0 Å². The lowest BCUT2D eigenvalue weighted by molar-refractivity contribution is -0.146. The molecule has 1 saturated carbocycles. The Morgan fingerprint density at radius 2 is 1.83 bits per heavy atom. The summed E-state index contributed by atoms with van der Waals surface area (Å²) >= 11 is 0. The molecule has 2 fully saturated rings. The van der Waals surface area contributed by atoms with Gasteiger partial charge in [-0.3, -0.25) is 9.59 Å². The van der Waals surface area contributed by atoms with Gasteiger partial charge in [-0.05, 0) is 18.8 Å². The molecular formula is C14H23NO3. The molecule has 0 bridgehead atoms. The molecule has 0 N–H and O–H groups in total. The molecule has 102 valence electrons. The van der Waals surface area contributed by atoms with E-state index in [1.165, 1.54) is 7.11 Å². The molecule has 0 aromatic carbocycles. The lowest BCUT2D eigenvalue weighted by atomic mass is 9.87. The van der Waals surface area contributed by atoms with Crippen molar-refractivity contribution in [3.63, 3.8) is 0 Å². The van der Waals surface area contributed by atoms with Crippen LogP contribution >= 0.6 is 0 Å². The predicted molar refractivity (Wildman–Crippen MR) is 67.8 cm³/mol. The maximum Gasteiger partial charge on any atom is 0.310 e. The Hall–Kier alpha value is -1.06. The van der Waals surface area contributed by atoms with Crippen molar-refractivity contribution in [3.05, 3.63) is 0 Å². The highest BCUT2D eigenvalue weighted by atomic mass is 16.5. The molecule has 2 unspecified atom stereocenters. The summed E-state index contributed by atoms with van der Waals surface area (Å²) in [5.74, 6) is 0.1000. The summed E-state index contributed by atoms with van der Waals surface area (Å²) in [5.41, 5.74) is -0.190. The summed E-state index contributed by atoms with van der Waals surface area (Å²) in [5, 5.41) is 0. The smallest absolute Gasteiger partial charge is 0.310 e. The molecule has 2 atom stereocenters. The van der Waals surface area contributed by atoms with E-state index in [0.717, 1.165) is 25.7 Å². The van der Waals surface area contributed by atoms with Crippen molar-refractivity contribution >= 4 is 11.9 Å². The zero-order valence-corrected chi connectivity index (χ0v) is 11.6. The Morgan fingerprint density at radius 3 is 2.39 bits per heavy atom. The molecule has 0 spiro atoms. The van der Waals surface area contributed by atoms with E-state index in [1.807, 2.05) is 11.8 Å². The summed E-state index contributed by atoms with van der Waals surface area (Å²) in [4.78, 5) is 26.1. The first-order valence-corrected chi connectivity index (χ1v) is 6.85. The number of rotatable bonds is 2. The van der Waals surface area contributed by atoms with Gasteiger partial charge in [0.05, 0.1) is 13.0 Å². The predicted octanol–water partition coefficient (Wildman–Crippen LogP) is 1.83. The van der Waals surface area contributed by atoms with Crippen molar-refractivity contribution in [2.75, 3.05) is 20.2 Å². The Morgan fingerprint density at radius 1 is 1.22 bits per heavy atom. The quantitative estimate of drug-likeness (QED) is 0.705. The summed E-state index contributed by atoms with van der Waals surface area (Å²) in [7, 11) is 1.41. The third kappa shape index (κ3) is 2.25. The highest BCUT2D eigenvalue weighted by Gasteiger charge is 2.44. The fourth-order valence-electron chi connectivity index (χ4n) is 3.34. The number of hydrogen-bond donors (Lipinski definition) is 0. The first-order valence-electron chi connectivity index (χ1n) is 6.85. The van der Waals surface area contributed by atoms with E-state index >= 15 is 0 Å². The van der Waals surface area contributed by atoms with Gasteiger partial charge in [0.1, 0.15) is 0 Å². The van der Waals surface area contributed by atoms with E-state index in [-0.39, 0.29) is 29.1 Å². The molecule has 1 aliphatic carbocycles. The number of ether oxygens (including phenoxy) is 1. The minimum atomic E-state index is -0.190. The molecule has 1 aliphatic heterocycles. The first kappa shape index (κ1) is 13.4. The molecule has 0 aromatic rings. The normalized spacial score (nSPS) is 30.5. The molecule has 2 aliphatic rings. The minimum absolute atomic E-state index is 0.149. The molecule has 18 heavy (non-hydrogen) atoms. The fourth-order valence-corrected chi connectivity index (χ4v) is 3.34. The Kier molecular flexibility index (Phi) is 3.64. The van der Waals surface area contributed by atoms with Gasteiger partial charge in [0, 0.05) is 18.5 Å². The zero-order valence-electron chi connectivity index (χ0n) is 11.6. The van der Waals surface area contributed by atoms with E-state index in [9.17, 15) is 9.59 Å². The molecule has 0 radical (unpaired) electrons. The Balaban J connectivity index is 2.03. The van der Waals surface area contributed by atoms with Crippen molar-refractivity contribution in [2.24, 2.45) is 17.3 Å². The van der Waals surface area contributed by atoms with Gasteiger partial charge >= 0.3 is 5.97 Å². The van der Waals surface area contributed by atoms with Gasteiger partial charge < -0.3 is 9.64 Å². The fraction of sp³-hybridized carbons (Fsp3) is 0.857. The summed E-state index contributed by atoms with van der Waals surface area (Å²) < 4.78 is 4.81. The average molecular weight is 253 g/mol. The average Bonchev–Trinajstić information content (AvgIpc) is 2.95. The molecule has 4 heteroatoms. The first-order chi connectivity index (χ1) is 8.48. The van der Waals surface area contributed by atoms with Gasteiger partial charge in [-0.15, -0.1) is 0 Å². The number of amides is 1. The molecule has 0 aromatic heterocycles. The van der Waals surface area contributed by atoms with Crippen molar-refractivity contribution in [1.29, 1.82) is 0 Å².